The quantitative estimate of drug-likeness (QED) is 0.804. The van der Waals surface area contributed by atoms with Gasteiger partial charge in [0.1, 0.15) is 6.10 Å². The number of nitrogens with one attached hydrogen (secondary N) is 1. The van der Waals surface area contributed by atoms with Crippen molar-refractivity contribution in [1.29, 1.82) is 0 Å². The zero-order chi connectivity index (χ0) is 13.2. The van der Waals surface area contributed by atoms with E-state index in [0.717, 1.165) is 19.4 Å². The Balaban J connectivity index is 1.99. The van der Waals surface area contributed by atoms with Gasteiger partial charge in [-0.25, -0.2) is 0 Å². The van der Waals surface area contributed by atoms with Crippen LogP contribution in [-0.4, -0.2) is 19.3 Å². The van der Waals surface area contributed by atoms with Gasteiger partial charge in [-0.1, -0.05) is 27.2 Å². The highest BCUT2D eigenvalue weighted by molar-refractivity contribution is 7.57. The third-order valence-corrected chi connectivity index (χ3v) is 5.81. The first-order valence-electron chi connectivity index (χ1n) is 7.18. The van der Waals surface area contributed by atoms with E-state index in [1.807, 2.05) is 0 Å². The third-order valence-electron chi connectivity index (χ3n) is 4.12. The molecule has 1 saturated heterocycles. The standard InChI is InChI=1S/C13H26NO3P/c1-10(2)12-6-5-11(3)9-13(12)17-18(15)14-7-4-8-16-18/h10-13H,4-9H2,1-3H3,(H,14,15)/t11-,12+,13-,18?/m1/s1. The molecule has 2 aliphatic rings. The lowest BCUT2D eigenvalue weighted by Crippen LogP contribution is -2.41. The van der Waals surface area contributed by atoms with Crippen LogP contribution in [0.2, 0.25) is 0 Å². The molecule has 1 aliphatic carbocycles. The molecule has 0 aromatic rings. The number of hydrogen-bond acceptors (Lipinski definition) is 4. The summed E-state index contributed by atoms with van der Waals surface area (Å²) in [7, 11) is -3.04. The summed E-state index contributed by atoms with van der Waals surface area (Å²) in [4.78, 5) is 12.4. The van der Waals surface area contributed by atoms with Crippen molar-refractivity contribution in [1.82, 2.24) is 5.09 Å². The van der Waals surface area contributed by atoms with Crippen molar-refractivity contribution in [2.45, 2.75) is 52.6 Å². The van der Waals surface area contributed by atoms with Crippen LogP contribution < -0.4 is 9.98 Å². The van der Waals surface area contributed by atoms with E-state index in [9.17, 15) is 4.89 Å². The van der Waals surface area contributed by atoms with Gasteiger partial charge in [0.25, 0.3) is 0 Å². The second kappa shape index (κ2) is 6.15. The third kappa shape index (κ3) is 3.64. The molecule has 0 aromatic carbocycles. The molecular formula is C13H26NO3P. The Bertz CT molecular complexity index is 269. The summed E-state index contributed by atoms with van der Waals surface area (Å²) < 4.78 is 11.2. The monoisotopic (exact) mass is 275 g/mol. The van der Waals surface area contributed by atoms with Crippen LogP contribution >= 0.6 is 8.09 Å². The van der Waals surface area contributed by atoms with E-state index in [2.05, 4.69) is 25.9 Å². The van der Waals surface area contributed by atoms with Gasteiger partial charge in [0.15, 0.2) is 0 Å². The molecule has 5 heteroatoms. The molecule has 4 nitrogen and oxygen atoms in total. The average molecular weight is 275 g/mol. The minimum atomic E-state index is -3.04. The van der Waals surface area contributed by atoms with Crippen LogP contribution in [0, 0.1) is 17.8 Å². The Hall–Kier alpha value is 0.270. The Morgan fingerprint density at radius 2 is 2.17 bits per heavy atom. The highest BCUT2D eigenvalue weighted by Gasteiger charge is 2.42. The van der Waals surface area contributed by atoms with Crippen LogP contribution in [0.15, 0.2) is 0 Å². The average Bonchev–Trinajstić information content (AvgIpc) is 2.28. The molecule has 0 aromatic heterocycles. The summed E-state index contributed by atoms with van der Waals surface area (Å²) in [6.07, 6.45) is 4.40. The van der Waals surface area contributed by atoms with E-state index in [1.165, 1.54) is 12.8 Å². The van der Waals surface area contributed by atoms with Gasteiger partial charge in [-0.15, -0.1) is 5.09 Å². The predicted molar refractivity (Wildman–Crippen MR) is 71.7 cm³/mol. The van der Waals surface area contributed by atoms with Gasteiger partial charge in [0.05, 0.1) is 6.61 Å². The van der Waals surface area contributed by atoms with Crippen molar-refractivity contribution < 1.29 is 13.9 Å². The zero-order valence-corrected chi connectivity index (χ0v) is 12.6. The molecule has 0 spiro atoms. The van der Waals surface area contributed by atoms with E-state index >= 15 is 0 Å². The van der Waals surface area contributed by atoms with Crippen LogP contribution in [-0.2, 0) is 9.05 Å². The van der Waals surface area contributed by atoms with Crippen molar-refractivity contribution in [3.8, 4) is 0 Å². The van der Waals surface area contributed by atoms with Crippen molar-refractivity contribution in [2.75, 3.05) is 13.2 Å². The first kappa shape index (κ1) is 14.7. The first-order chi connectivity index (χ1) is 8.50. The van der Waals surface area contributed by atoms with Crippen molar-refractivity contribution in [3.05, 3.63) is 0 Å². The molecule has 18 heavy (non-hydrogen) atoms. The Kier molecular flexibility index (Phi) is 5.01. The maximum absolute atomic E-state index is 12.4. The maximum Gasteiger partial charge on any atom is 0.312 e. The van der Waals surface area contributed by atoms with E-state index in [4.69, 9.17) is 9.05 Å². The fourth-order valence-corrected chi connectivity index (χ4v) is 4.63. The second-order valence-electron chi connectivity index (χ2n) is 6.06. The topological polar surface area (TPSA) is 53.5 Å². The smallest absolute Gasteiger partial charge is 0.312 e. The number of hydrogen-bond donors (Lipinski definition) is 1. The summed E-state index contributed by atoms with van der Waals surface area (Å²) >= 11 is 0. The second-order valence-corrected chi connectivity index (χ2v) is 7.84. The van der Waals surface area contributed by atoms with Gasteiger partial charge in [-0.3, -0.25) is 0 Å². The van der Waals surface area contributed by atoms with Crippen molar-refractivity contribution >= 4 is 8.09 Å². The Labute approximate surface area is 111 Å². The lowest BCUT2D eigenvalue weighted by molar-refractivity contribution is -0.234. The largest absolute Gasteiger partial charge is 0.616 e. The molecule has 1 saturated carbocycles. The maximum atomic E-state index is 12.4. The summed E-state index contributed by atoms with van der Waals surface area (Å²) in [6, 6.07) is 0. The molecule has 0 amide bonds. The Morgan fingerprint density at radius 1 is 1.39 bits per heavy atom. The fraction of sp³-hybridized carbons (Fsp3) is 1.00. The molecule has 2 rings (SSSR count). The summed E-state index contributed by atoms with van der Waals surface area (Å²) in [5.74, 6) is 1.72. The molecule has 1 unspecified atom stereocenters. The van der Waals surface area contributed by atoms with Crippen LogP contribution in [0.4, 0.5) is 0 Å². The van der Waals surface area contributed by atoms with Crippen LogP contribution in [0.3, 0.4) is 0 Å². The first-order valence-corrected chi connectivity index (χ1v) is 8.72. The van der Waals surface area contributed by atoms with Gasteiger partial charge < -0.3 is 4.89 Å². The summed E-state index contributed by atoms with van der Waals surface area (Å²) in [6.45, 7) is 7.97. The van der Waals surface area contributed by atoms with E-state index in [-0.39, 0.29) is 6.10 Å². The molecule has 106 valence electrons. The SMILES string of the molecule is CC(C)[C@@H]1CC[C@@H](C)C[C@H]1O[P+]1([O-])NCCCO1. The molecule has 4 atom stereocenters. The van der Waals surface area contributed by atoms with Crippen LogP contribution in [0.25, 0.3) is 0 Å². The molecular weight excluding hydrogens is 249 g/mol. The van der Waals surface area contributed by atoms with Gasteiger partial charge in [-0.05, 0) is 37.0 Å². The summed E-state index contributed by atoms with van der Waals surface area (Å²) in [5.41, 5.74) is 0. The number of rotatable bonds is 3. The van der Waals surface area contributed by atoms with Gasteiger partial charge >= 0.3 is 8.09 Å². The van der Waals surface area contributed by atoms with Gasteiger partial charge in [-0.2, -0.15) is 9.05 Å². The highest BCUT2D eigenvalue weighted by Crippen LogP contribution is 2.53. The molecule has 1 N–H and O–H groups in total. The van der Waals surface area contributed by atoms with E-state index in [1.54, 1.807) is 0 Å². The zero-order valence-electron chi connectivity index (χ0n) is 11.7. The summed E-state index contributed by atoms with van der Waals surface area (Å²) in [5, 5.41) is 2.93. The van der Waals surface area contributed by atoms with Crippen LogP contribution in [0.1, 0.15) is 46.5 Å². The minimum Gasteiger partial charge on any atom is -0.616 e. The molecule has 0 bridgehead atoms. The molecule has 1 heterocycles. The van der Waals surface area contributed by atoms with Crippen LogP contribution in [0.5, 0.6) is 0 Å². The lowest BCUT2D eigenvalue weighted by Gasteiger charge is -2.40. The molecule has 1 aliphatic heterocycles. The molecule has 0 radical (unpaired) electrons. The van der Waals surface area contributed by atoms with Gasteiger partial charge in [0, 0.05) is 6.54 Å². The fourth-order valence-electron chi connectivity index (χ4n) is 3.00. The predicted octanol–water partition coefficient (Wildman–Crippen LogP) is 2.51. The van der Waals surface area contributed by atoms with Gasteiger partial charge in [0.2, 0.25) is 0 Å². The molecule has 2 fully saturated rings. The van der Waals surface area contributed by atoms with Crippen molar-refractivity contribution in [3.63, 3.8) is 0 Å². The van der Waals surface area contributed by atoms with E-state index in [0.29, 0.717) is 24.4 Å². The Morgan fingerprint density at radius 3 is 2.78 bits per heavy atom. The van der Waals surface area contributed by atoms with E-state index < -0.39 is 8.09 Å². The lowest BCUT2D eigenvalue weighted by atomic mass is 9.75. The normalized spacial score (nSPS) is 42.2. The van der Waals surface area contributed by atoms with Crippen molar-refractivity contribution in [2.24, 2.45) is 17.8 Å². The highest BCUT2D eigenvalue weighted by atomic mass is 31.2. The minimum absolute atomic E-state index is 0.0742.